The van der Waals surface area contributed by atoms with Crippen molar-refractivity contribution in [3.05, 3.63) is 0 Å². The van der Waals surface area contributed by atoms with Crippen molar-refractivity contribution in [2.75, 3.05) is 13.6 Å². The summed E-state index contributed by atoms with van der Waals surface area (Å²) in [5.41, 5.74) is 0. The van der Waals surface area contributed by atoms with E-state index in [4.69, 9.17) is 0 Å². The van der Waals surface area contributed by atoms with Crippen molar-refractivity contribution in [2.24, 2.45) is 11.8 Å². The summed E-state index contributed by atoms with van der Waals surface area (Å²) in [7, 11) is 2.29. The van der Waals surface area contributed by atoms with Crippen molar-refractivity contribution in [1.29, 1.82) is 0 Å². The summed E-state index contributed by atoms with van der Waals surface area (Å²) in [6.45, 7) is 3.72. The van der Waals surface area contributed by atoms with Crippen molar-refractivity contribution in [1.82, 2.24) is 4.90 Å². The van der Waals surface area contributed by atoms with E-state index in [0.29, 0.717) is 0 Å². The summed E-state index contributed by atoms with van der Waals surface area (Å²) in [4.78, 5) is 2.56. The molecule has 2 aliphatic rings. The molecule has 0 bridgehead atoms. The molecular weight excluding hydrogens is 146 g/mol. The lowest BCUT2D eigenvalue weighted by atomic mass is 9.73. The van der Waals surface area contributed by atoms with E-state index >= 15 is 0 Å². The molecule has 0 spiro atoms. The van der Waals surface area contributed by atoms with Crippen LogP contribution in [0, 0.1) is 11.8 Å². The molecule has 0 radical (unpaired) electrons. The standard InChI is InChI=1S/C11H21N/c1-9-6-10(7-9)8-11-4-3-5-12(11)2/h9-11H,3-8H2,1-2H3/t9?,10?,11-/m1/s1. The van der Waals surface area contributed by atoms with Crippen LogP contribution in [-0.2, 0) is 0 Å². The van der Waals surface area contributed by atoms with Crippen LogP contribution < -0.4 is 0 Å². The Balaban J connectivity index is 1.72. The minimum Gasteiger partial charge on any atom is -0.303 e. The molecule has 0 aromatic carbocycles. The van der Waals surface area contributed by atoms with Crippen molar-refractivity contribution in [3.63, 3.8) is 0 Å². The number of rotatable bonds is 2. The Bertz CT molecular complexity index is 149. The van der Waals surface area contributed by atoms with Crippen LogP contribution in [0.2, 0.25) is 0 Å². The highest BCUT2D eigenvalue weighted by Crippen LogP contribution is 2.38. The van der Waals surface area contributed by atoms with Gasteiger partial charge < -0.3 is 4.90 Å². The average Bonchev–Trinajstić information content (AvgIpc) is 2.33. The van der Waals surface area contributed by atoms with Gasteiger partial charge in [0, 0.05) is 6.04 Å². The zero-order chi connectivity index (χ0) is 8.55. The van der Waals surface area contributed by atoms with Gasteiger partial charge in [0.2, 0.25) is 0 Å². The lowest BCUT2D eigenvalue weighted by molar-refractivity contribution is 0.154. The molecule has 1 aliphatic carbocycles. The molecule has 0 N–H and O–H groups in total. The van der Waals surface area contributed by atoms with Gasteiger partial charge in [0.05, 0.1) is 0 Å². The van der Waals surface area contributed by atoms with Gasteiger partial charge in [-0.3, -0.25) is 0 Å². The van der Waals surface area contributed by atoms with Gasteiger partial charge in [0.25, 0.3) is 0 Å². The SMILES string of the molecule is CC1CC(C[C@H]2CCCN2C)C1. The van der Waals surface area contributed by atoms with E-state index in [1.54, 1.807) is 0 Å². The second-order valence-electron chi connectivity index (χ2n) is 4.95. The molecule has 70 valence electrons. The van der Waals surface area contributed by atoms with Gasteiger partial charge in [-0.15, -0.1) is 0 Å². The second-order valence-corrected chi connectivity index (χ2v) is 4.95. The highest BCUT2D eigenvalue weighted by molar-refractivity contribution is 4.84. The predicted octanol–water partition coefficient (Wildman–Crippen LogP) is 2.52. The molecular formula is C11H21N. The first-order chi connectivity index (χ1) is 5.75. The van der Waals surface area contributed by atoms with Gasteiger partial charge in [-0.25, -0.2) is 0 Å². The molecule has 12 heavy (non-hydrogen) atoms. The first-order valence-corrected chi connectivity index (χ1v) is 5.46. The molecule has 1 heterocycles. The van der Waals surface area contributed by atoms with Crippen LogP contribution in [0.1, 0.15) is 39.0 Å². The van der Waals surface area contributed by atoms with Crippen LogP contribution >= 0.6 is 0 Å². The molecule has 0 aromatic rings. The van der Waals surface area contributed by atoms with E-state index in [0.717, 1.165) is 17.9 Å². The zero-order valence-corrected chi connectivity index (χ0v) is 8.42. The Hall–Kier alpha value is -0.0400. The fraction of sp³-hybridized carbons (Fsp3) is 1.00. The van der Waals surface area contributed by atoms with Crippen LogP contribution in [-0.4, -0.2) is 24.5 Å². The monoisotopic (exact) mass is 167 g/mol. The Kier molecular flexibility index (Phi) is 2.40. The van der Waals surface area contributed by atoms with Crippen molar-refractivity contribution < 1.29 is 0 Å². The fourth-order valence-electron chi connectivity index (χ4n) is 2.92. The summed E-state index contributed by atoms with van der Waals surface area (Å²) in [6.07, 6.45) is 7.39. The van der Waals surface area contributed by atoms with Gasteiger partial charge in [0.15, 0.2) is 0 Å². The van der Waals surface area contributed by atoms with Gasteiger partial charge in [-0.05, 0) is 57.5 Å². The highest BCUT2D eigenvalue weighted by Gasteiger charge is 2.30. The fourth-order valence-corrected chi connectivity index (χ4v) is 2.92. The zero-order valence-electron chi connectivity index (χ0n) is 8.42. The molecule has 1 aliphatic heterocycles. The third-order valence-corrected chi connectivity index (χ3v) is 3.75. The molecule has 0 aromatic heterocycles. The lowest BCUT2D eigenvalue weighted by Gasteiger charge is -2.36. The van der Waals surface area contributed by atoms with Gasteiger partial charge in [-0.2, -0.15) is 0 Å². The van der Waals surface area contributed by atoms with E-state index < -0.39 is 0 Å². The molecule has 2 fully saturated rings. The molecule has 2 rings (SSSR count). The van der Waals surface area contributed by atoms with E-state index in [1.165, 1.54) is 38.6 Å². The summed E-state index contributed by atoms with van der Waals surface area (Å²) < 4.78 is 0. The maximum atomic E-state index is 2.56. The number of hydrogen-bond acceptors (Lipinski definition) is 1. The first-order valence-electron chi connectivity index (χ1n) is 5.46. The third-order valence-electron chi connectivity index (χ3n) is 3.75. The first kappa shape index (κ1) is 8.55. The quantitative estimate of drug-likeness (QED) is 0.611. The Morgan fingerprint density at radius 2 is 2.08 bits per heavy atom. The van der Waals surface area contributed by atoms with Gasteiger partial charge in [0.1, 0.15) is 0 Å². The molecule has 1 saturated carbocycles. The summed E-state index contributed by atoms with van der Waals surface area (Å²) >= 11 is 0. The number of likely N-dealkylation sites (tertiary alicyclic amines) is 1. The molecule has 0 unspecified atom stereocenters. The van der Waals surface area contributed by atoms with Crippen LogP contribution in [0.4, 0.5) is 0 Å². The summed E-state index contributed by atoms with van der Waals surface area (Å²) in [5.74, 6) is 2.10. The topological polar surface area (TPSA) is 3.24 Å². The molecule has 1 atom stereocenters. The van der Waals surface area contributed by atoms with Crippen LogP contribution in [0.25, 0.3) is 0 Å². The number of hydrogen-bond donors (Lipinski definition) is 0. The van der Waals surface area contributed by atoms with E-state index in [9.17, 15) is 0 Å². The summed E-state index contributed by atoms with van der Waals surface area (Å²) in [5, 5.41) is 0. The molecule has 1 heteroatoms. The molecule has 1 nitrogen and oxygen atoms in total. The predicted molar refractivity (Wildman–Crippen MR) is 52.2 cm³/mol. The van der Waals surface area contributed by atoms with Crippen LogP contribution in [0.15, 0.2) is 0 Å². The Labute approximate surface area is 76.1 Å². The van der Waals surface area contributed by atoms with Crippen LogP contribution in [0.5, 0.6) is 0 Å². The maximum Gasteiger partial charge on any atom is 0.00953 e. The summed E-state index contributed by atoms with van der Waals surface area (Å²) in [6, 6.07) is 0.933. The van der Waals surface area contributed by atoms with Crippen LogP contribution in [0.3, 0.4) is 0 Å². The lowest BCUT2D eigenvalue weighted by Crippen LogP contribution is -2.31. The van der Waals surface area contributed by atoms with Crippen molar-refractivity contribution >= 4 is 0 Å². The normalized spacial score (nSPS) is 43.0. The highest BCUT2D eigenvalue weighted by atomic mass is 15.1. The maximum absolute atomic E-state index is 2.56. The van der Waals surface area contributed by atoms with Crippen molar-refractivity contribution in [3.8, 4) is 0 Å². The van der Waals surface area contributed by atoms with E-state index in [2.05, 4.69) is 18.9 Å². The second kappa shape index (κ2) is 3.37. The Morgan fingerprint density at radius 3 is 2.58 bits per heavy atom. The average molecular weight is 167 g/mol. The number of nitrogens with zero attached hydrogens (tertiary/aromatic N) is 1. The minimum absolute atomic E-state index is 0.933. The van der Waals surface area contributed by atoms with Gasteiger partial charge >= 0.3 is 0 Å². The third kappa shape index (κ3) is 1.66. The molecule has 1 saturated heterocycles. The van der Waals surface area contributed by atoms with E-state index in [-0.39, 0.29) is 0 Å². The Morgan fingerprint density at radius 1 is 1.33 bits per heavy atom. The van der Waals surface area contributed by atoms with Gasteiger partial charge in [-0.1, -0.05) is 6.92 Å². The largest absolute Gasteiger partial charge is 0.303 e. The smallest absolute Gasteiger partial charge is 0.00953 e. The van der Waals surface area contributed by atoms with E-state index in [1.807, 2.05) is 0 Å². The molecule has 0 amide bonds. The van der Waals surface area contributed by atoms with Crippen molar-refractivity contribution in [2.45, 2.75) is 45.1 Å². The minimum atomic E-state index is 0.933.